The van der Waals surface area contributed by atoms with Gasteiger partial charge in [0.2, 0.25) is 0 Å². The number of nitrogens with zero attached hydrogens (tertiary/aromatic N) is 5. The molecule has 1 saturated heterocycles. The fourth-order valence-corrected chi connectivity index (χ4v) is 4.23. The highest BCUT2D eigenvalue weighted by Gasteiger charge is 2.32. The van der Waals surface area contributed by atoms with Crippen LogP contribution < -0.4 is 9.80 Å². The quantitative estimate of drug-likeness (QED) is 0.472. The molecule has 0 N–H and O–H groups in total. The second-order valence-electron chi connectivity index (χ2n) is 8.14. The van der Waals surface area contributed by atoms with Crippen LogP contribution in [0, 0.1) is 11.3 Å². The summed E-state index contributed by atoms with van der Waals surface area (Å²) in [6.07, 6.45) is -0.480. The Balaban J connectivity index is 1.63. The number of hydrogen-bond acceptors (Lipinski definition) is 8. The minimum atomic E-state index is -1.20. The zero-order valence-electron chi connectivity index (χ0n) is 19.1. The number of halogens is 1. The van der Waals surface area contributed by atoms with E-state index in [9.17, 15) is 10.1 Å². The molecular formula is C25H26ClN5O3. The minimum absolute atomic E-state index is 0.242. The van der Waals surface area contributed by atoms with E-state index < -0.39 is 18.0 Å². The van der Waals surface area contributed by atoms with Crippen molar-refractivity contribution in [2.45, 2.75) is 18.9 Å². The van der Waals surface area contributed by atoms with E-state index in [2.05, 4.69) is 15.9 Å². The summed E-state index contributed by atoms with van der Waals surface area (Å²) in [5.74, 6) is -1.32. The zero-order valence-corrected chi connectivity index (χ0v) is 19.9. The van der Waals surface area contributed by atoms with Crippen LogP contribution in [0.25, 0.3) is 11.0 Å². The van der Waals surface area contributed by atoms with Gasteiger partial charge in [0.1, 0.15) is 11.8 Å². The van der Waals surface area contributed by atoms with Crippen molar-refractivity contribution in [1.82, 2.24) is 9.97 Å². The molecule has 0 bridgehead atoms. The molecule has 176 valence electrons. The standard InChI is InChI=1S/C25H26ClN5O3/c1-17(16-33-2)34-25(32)20(15-27)23-24(29-22-9-4-3-8-21(22)28-23)31-12-10-30(11-13-31)19-7-5-6-18(26)14-19/h3-9,14,17,20H,10-13,16H2,1-2H3/t17-,20+/m0/s1. The van der Waals surface area contributed by atoms with E-state index >= 15 is 0 Å². The molecule has 0 saturated carbocycles. The van der Waals surface area contributed by atoms with E-state index in [1.54, 1.807) is 6.92 Å². The maximum atomic E-state index is 12.9. The summed E-state index contributed by atoms with van der Waals surface area (Å²) in [6, 6.07) is 17.3. The van der Waals surface area contributed by atoms with Crippen LogP contribution in [0.1, 0.15) is 18.5 Å². The number of hydrogen-bond donors (Lipinski definition) is 0. The number of rotatable bonds is 7. The summed E-state index contributed by atoms with van der Waals surface area (Å²) in [7, 11) is 1.53. The Labute approximate surface area is 203 Å². The zero-order chi connectivity index (χ0) is 24.1. The molecule has 0 aliphatic carbocycles. The van der Waals surface area contributed by atoms with Gasteiger partial charge in [-0.25, -0.2) is 9.97 Å². The van der Waals surface area contributed by atoms with Gasteiger partial charge in [-0.1, -0.05) is 29.8 Å². The van der Waals surface area contributed by atoms with Gasteiger partial charge in [-0.3, -0.25) is 4.79 Å². The van der Waals surface area contributed by atoms with Gasteiger partial charge in [0.15, 0.2) is 11.7 Å². The molecule has 2 atom stereocenters. The number of ether oxygens (including phenoxy) is 2. The van der Waals surface area contributed by atoms with Gasteiger partial charge in [-0.15, -0.1) is 0 Å². The second kappa shape index (κ2) is 10.7. The summed E-state index contributed by atoms with van der Waals surface area (Å²) in [5.41, 5.74) is 2.70. The number of fused-ring (bicyclic) bond motifs is 1. The van der Waals surface area contributed by atoms with E-state index in [0.29, 0.717) is 40.7 Å². The maximum Gasteiger partial charge on any atom is 0.330 e. The average molecular weight is 480 g/mol. The molecule has 1 aliphatic heterocycles. The van der Waals surface area contributed by atoms with Crippen molar-refractivity contribution in [2.24, 2.45) is 0 Å². The third kappa shape index (κ3) is 5.22. The van der Waals surface area contributed by atoms with Crippen molar-refractivity contribution in [3.8, 4) is 6.07 Å². The molecule has 8 nitrogen and oxygen atoms in total. The summed E-state index contributed by atoms with van der Waals surface area (Å²) in [6.45, 7) is 4.74. The number of carbonyl (C=O) groups excluding carboxylic acids is 1. The van der Waals surface area contributed by atoms with Crippen LogP contribution in [-0.4, -0.2) is 61.9 Å². The van der Waals surface area contributed by atoms with E-state index in [1.807, 2.05) is 48.5 Å². The van der Waals surface area contributed by atoms with Crippen LogP contribution in [0.2, 0.25) is 5.02 Å². The highest BCUT2D eigenvalue weighted by atomic mass is 35.5. The van der Waals surface area contributed by atoms with E-state index in [1.165, 1.54) is 7.11 Å². The van der Waals surface area contributed by atoms with Gasteiger partial charge >= 0.3 is 5.97 Å². The molecule has 3 aromatic rings. The fraction of sp³-hybridized carbons (Fsp3) is 0.360. The van der Waals surface area contributed by atoms with Crippen molar-refractivity contribution in [3.63, 3.8) is 0 Å². The van der Waals surface area contributed by atoms with Gasteiger partial charge in [0.25, 0.3) is 0 Å². The number of benzene rings is 2. The molecule has 1 aliphatic rings. The molecule has 2 aromatic carbocycles. The van der Waals surface area contributed by atoms with Crippen molar-refractivity contribution in [2.75, 3.05) is 49.7 Å². The summed E-state index contributed by atoms with van der Waals surface area (Å²) < 4.78 is 10.5. The Morgan fingerprint density at radius 1 is 1.09 bits per heavy atom. The Kier molecular flexibility index (Phi) is 7.46. The van der Waals surface area contributed by atoms with Gasteiger partial charge in [0, 0.05) is 44.0 Å². The lowest BCUT2D eigenvalue weighted by molar-refractivity contribution is -0.150. The number of methoxy groups -OCH3 is 1. The number of piperazine rings is 1. The Morgan fingerprint density at radius 2 is 1.76 bits per heavy atom. The molecule has 34 heavy (non-hydrogen) atoms. The Hall–Kier alpha value is -3.41. The molecule has 0 radical (unpaired) electrons. The number of anilines is 2. The summed E-state index contributed by atoms with van der Waals surface area (Å²) in [4.78, 5) is 26.7. The molecule has 1 aromatic heterocycles. The summed E-state index contributed by atoms with van der Waals surface area (Å²) in [5, 5.41) is 10.6. The predicted molar refractivity (Wildman–Crippen MR) is 131 cm³/mol. The van der Waals surface area contributed by atoms with Gasteiger partial charge in [-0.05, 0) is 37.3 Å². The lowest BCUT2D eigenvalue weighted by Crippen LogP contribution is -2.47. The average Bonchev–Trinajstić information content (AvgIpc) is 2.84. The van der Waals surface area contributed by atoms with Crippen molar-refractivity contribution < 1.29 is 14.3 Å². The lowest BCUT2D eigenvalue weighted by Gasteiger charge is -2.37. The normalized spacial score (nSPS) is 15.6. The lowest BCUT2D eigenvalue weighted by atomic mass is 10.1. The first-order valence-electron chi connectivity index (χ1n) is 11.1. The third-order valence-corrected chi connectivity index (χ3v) is 5.92. The first-order valence-corrected chi connectivity index (χ1v) is 11.5. The molecule has 0 spiro atoms. The molecule has 2 heterocycles. The SMILES string of the molecule is COC[C@H](C)OC(=O)[C@H](C#N)c1nc2ccccc2nc1N1CCN(c2cccc(Cl)c2)CC1. The Bertz CT molecular complexity index is 1210. The monoisotopic (exact) mass is 479 g/mol. The van der Waals surface area contributed by atoms with E-state index in [-0.39, 0.29) is 6.61 Å². The number of carbonyl (C=O) groups is 1. The first-order chi connectivity index (χ1) is 16.5. The van der Waals surface area contributed by atoms with Crippen LogP contribution >= 0.6 is 11.6 Å². The Morgan fingerprint density at radius 3 is 2.41 bits per heavy atom. The van der Waals surface area contributed by atoms with Crippen molar-refractivity contribution in [1.29, 1.82) is 5.26 Å². The molecule has 1 fully saturated rings. The van der Waals surface area contributed by atoms with Gasteiger partial charge in [0.05, 0.1) is 23.7 Å². The molecule has 0 amide bonds. The molecular weight excluding hydrogens is 454 g/mol. The first kappa shape index (κ1) is 23.7. The second-order valence-corrected chi connectivity index (χ2v) is 8.58. The molecule has 9 heteroatoms. The largest absolute Gasteiger partial charge is 0.459 e. The number of nitriles is 1. The van der Waals surface area contributed by atoms with Crippen molar-refractivity contribution >= 4 is 40.1 Å². The third-order valence-electron chi connectivity index (χ3n) is 5.69. The molecule has 0 unspecified atom stereocenters. The number of aromatic nitrogens is 2. The van der Waals surface area contributed by atoms with Crippen LogP contribution in [-0.2, 0) is 14.3 Å². The topological polar surface area (TPSA) is 91.6 Å². The van der Waals surface area contributed by atoms with Crippen molar-refractivity contribution in [3.05, 3.63) is 59.2 Å². The summed E-state index contributed by atoms with van der Waals surface area (Å²) >= 11 is 6.16. The van der Waals surface area contributed by atoms with Crippen LogP contribution in [0.3, 0.4) is 0 Å². The predicted octanol–water partition coefficient (Wildman–Crippen LogP) is 3.80. The number of para-hydroxylation sites is 2. The number of esters is 1. The maximum absolute atomic E-state index is 12.9. The van der Waals surface area contributed by atoms with Crippen LogP contribution in [0.15, 0.2) is 48.5 Å². The smallest absolute Gasteiger partial charge is 0.330 e. The van der Waals surface area contributed by atoms with E-state index in [4.69, 9.17) is 31.0 Å². The molecule has 4 rings (SSSR count). The van der Waals surface area contributed by atoms with Gasteiger partial charge < -0.3 is 19.3 Å². The van der Waals surface area contributed by atoms with E-state index in [0.717, 1.165) is 18.8 Å². The fourth-order valence-electron chi connectivity index (χ4n) is 4.04. The highest BCUT2D eigenvalue weighted by molar-refractivity contribution is 6.30. The van der Waals surface area contributed by atoms with Gasteiger partial charge in [-0.2, -0.15) is 5.26 Å². The van der Waals surface area contributed by atoms with Crippen LogP contribution in [0.4, 0.5) is 11.5 Å². The minimum Gasteiger partial charge on any atom is -0.459 e. The highest BCUT2D eigenvalue weighted by Crippen LogP contribution is 2.30. The van der Waals surface area contributed by atoms with Crippen LogP contribution in [0.5, 0.6) is 0 Å².